The van der Waals surface area contributed by atoms with Gasteiger partial charge in [-0.15, -0.1) is 0 Å². The fourth-order valence-corrected chi connectivity index (χ4v) is 3.42. The number of carbonyl (C=O) groups is 3. The molecule has 1 aliphatic rings. The summed E-state index contributed by atoms with van der Waals surface area (Å²) in [4.78, 5) is 37.5. The van der Waals surface area contributed by atoms with Gasteiger partial charge < -0.3 is 15.0 Å². The Bertz CT molecular complexity index is 619. The Hall–Kier alpha value is -2.37. The zero-order valence-corrected chi connectivity index (χ0v) is 15.6. The minimum Gasteiger partial charge on any atom is -0.465 e. The average Bonchev–Trinajstić information content (AvgIpc) is 2.91. The van der Waals surface area contributed by atoms with Crippen molar-refractivity contribution in [3.8, 4) is 0 Å². The first-order chi connectivity index (χ1) is 12.5. The van der Waals surface area contributed by atoms with Crippen molar-refractivity contribution in [3.63, 3.8) is 0 Å². The quantitative estimate of drug-likeness (QED) is 0.623. The van der Waals surface area contributed by atoms with E-state index in [9.17, 15) is 14.4 Å². The van der Waals surface area contributed by atoms with Gasteiger partial charge in [-0.1, -0.05) is 25.7 Å². The SMILES string of the molecule is COC(=O)c1ccc(NC(=O)CCN(C(C)=O)C2CCCCCC2)cc1. The summed E-state index contributed by atoms with van der Waals surface area (Å²) in [7, 11) is 1.33. The first-order valence-electron chi connectivity index (χ1n) is 9.26. The number of benzene rings is 1. The summed E-state index contributed by atoms with van der Waals surface area (Å²) in [6.45, 7) is 2.01. The number of carbonyl (C=O) groups excluding carboxylic acids is 3. The number of anilines is 1. The van der Waals surface area contributed by atoms with E-state index in [4.69, 9.17) is 0 Å². The zero-order valence-electron chi connectivity index (χ0n) is 15.6. The van der Waals surface area contributed by atoms with Gasteiger partial charge in [0.1, 0.15) is 0 Å². The molecule has 1 saturated carbocycles. The highest BCUT2D eigenvalue weighted by Crippen LogP contribution is 2.22. The van der Waals surface area contributed by atoms with E-state index in [0.717, 1.165) is 25.7 Å². The third kappa shape index (κ3) is 5.86. The van der Waals surface area contributed by atoms with Crippen LogP contribution in [0.4, 0.5) is 5.69 Å². The van der Waals surface area contributed by atoms with Gasteiger partial charge in [-0.3, -0.25) is 9.59 Å². The molecule has 0 aliphatic heterocycles. The van der Waals surface area contributed by atoms with Crippen molar-refractivity contribution < 1.29 is 19.1 Å². The summed E-state index contributed by atoms with van der Waals surface area (Å²) in [5.74, 6) is -0.522. The molecule has 0 atom stereocenters. The number of esters is 1. The summed E-state index contributed by atoms with van der Waals surface area (Å²) < 4.78 is 4.65. The second-order valence-corrected chi connectivity index (χ2v) is 6.72. The lowest BCUT2D eigenvalue weighted by Crippen LogP contribution is -2.40. The van der Waals surface area contributed by atoms with Crippen molar-refractivity contribution in [2.75, 3.05) is 19.0 Å². The second-order valence-electron chi connectivity index (χ2n) is 6.72. The Kier molecular flexibility index (Phi) is 7.63. The van der Waals surface area contributed by atoms with Crippen molar-refractivity contribution in [2.45, 2.75) is 57.9 Å². The van der Waals surface area contributed by atoms with Crippen LogP contribution in [0.1, 0.15) is 62.2 Å². The Morgan fingerprint density at radius 2 is 1.69 bits per heavy atom. The van der Waals surface area contributed by atoms with E-state index in [2.05, 4.69) is 10.1 Å². The molecule has 26 heavy (non-hydrogen) atoms. The highest BCUT2D eigenvalue weighted by Gasteiger charge is 2.22. The van der Waals surface area contributed by atoms with Crippen LogP contribution in [0.15, 0.2) is 24.3 Å². The van der Waals surface area contributed by atoms with Gasteiger partial charge in [0.25, 0.3) is 0 Å². The molecule has 6 nitrogen and oxygen atoms in total. The molecule has 1 aliphatic carbocycles. The second kappa shape index (κ2) is 9.94. The Morgan fingerprint density at radius 1 is 1.08 bits per heavy atom. The van der Waals surface area contributed by atoms with Gasteiger partial charge >= 0.3 is 5.97 Å². The van der Waals surface area contributed by atoms with E-state index in [-0.39, 0.29) is 24.3 Å². The monoisotopic (exact) mass is 360 g/mol. The lowest BCUT2D eigenvalue weighted by atomic mass is 10.1. The zero-order chi connectivity index (χ0) is 18.9. The predicted molar refractivity (Wildman–Crippen MR) is 99.9 cm³/mol. The van der Waals surface area contributed by atoms with Gasteiger partial charge in [0.05, 0.1) is 12.7 Å². The molecule has 0 heterocycles. The number of rotatable bonds is 6. The molecule has 1 N–H and O–H groups in total. The summed E-state index contributed by atoms with van der Waals surface area (Å²) in [6.07, 6.45) is 7.05. The summed E-state index contributed by atoms with van der Waals surface area (Å²) in [5, 5.41) is 2.81. The highest BCUT2D eigenvalue weighted by molar-refractivity contribution is 5.93. The molecular formula is C20H28N2O4. The Labute approximate surface area is 154 Å². The molecule has 0 radical (unpaired) electrons. The number of ether oxygens (including phenoxy) is 1. The van der Waals surface area contributed by atoms with Gasteiger partial charge in [0.2, 0.25) is 11.8 Å². The smallest absolute Gasteiger partial charge is 0.337 e. The molecule has 0 saturated heterocycles. The molecule has 2 amide bonds. The summed E-state index contributed by atoms with van der Waals surface area (Å²) in [5.41, 5.74) is 1.05. The number of hydrogen-bond donors (Lipinski definition) is 1. The molecule has 0 spiro atoms. The fourth-order valence-electron chi connectivity index (χ4n) is 3.42. The number of amides is 2. The number of nitrogens with zero attached hydrogens (tertiary/aromatic N) is 1. The van der Waals surface area contributed by atoms with Crippen LogP contribution in [-0.2, 0) is 14.3 Å². The van der Waals surface area contributed by atoms with Crippen LogP contribution in [0.2, 0.25) is 0 Å². The largest absolute Gasteiger partial charge is 0.465 e. The van der Waals surface area contributed by atoms with Gasteiger partial charge in [-0.05, 0) is 37.1 Å². The maximum atomic E-state index is 12.2. The standard InChI is InChI=1S/C20H28N2O4/c1-15(23)22(18-7-5-3-4-6-8-18)14-13-19(24)21-17-11-9-16(10-12-17)20(25)26-2/h9-12,18H,3-8,13-14H2,1-2H3,(H,21,24). The Balaban J connectivity index is 1.87. The lowest BCUT2D eigenvalue weighted by molar-refractivity contribution is -0.131. The topological polar surface area (TPSA) is 75.7 Å². The molecule has 1 aromatic carbocycles. The van der Waals surface area contributed by atoms with Crippen molar-refractivity contribution >= 4 is 23.5 Å². The van der Waals surface area contributed by atoms with Crippen LogP contribution in [0.3, 0.4) is 0 Å². The maximum absolute atomic E-state index is 12.2. The third-order valence-corrected chi connectivity index (χ3v) is 4.84. The van der Waals surface area contributed by atoms with Crippen LogP contribution in [0, 0.1) is 0 Å². The van der Waals surface area contributed by atoms with Crippen LogP contribution in [0.5, 0.6) is 0 Å². The molecule has 142 valence electrons. The van der Waals surface area contributed by atoms with Gasteiger partial charge in [0.15, 0.2) is 0 Å². The van der Waals surface area contributed by atoms with Crippen LogP contribution in [-0.4, -0.2) is 42.4 Å². The molecule has 1 fully saturated rings. The molecule has 0 bridgehead atoms. The normalized spacial score (nSPS) is 15.0. The predicted octanol–water partition coefficient (Wildman–Crippen LogP) is 3.37. The minimum atomic E-state index is -0.414. The Morgan fingerprint density at radius 3 is 2.23 bits per heavy atom. The van der Waals surface area contributed by atoms with Crippen molar-refractivity contribution in [1.82, 2.24) is 4.90 Å². The van der Waals surface area contributed by atoms with E-state index in [0.29, 0.717) is 17.8 Å². The lowest BCUT2D eigenvalue weighted by Gasteiger charge is -2.30. The summed E-state index contributed by atoms with van der Waals surface area (Å²) >= 11 is 0. The average molecular weight is 360 g/mol. The molecule has 6 heteroatoms. The van der Waals surface area contributed by atoms with E-state index in [1.54, 1.807) is 31.2 Å². The molecule has 2 rings (SSSR count). The van der Waals surface area contributed by atoms with Crippen LogP contribution < -0.4 is 5.32 Å². The van der Waals surface area contributed by atoms with Gasteiger partial charge in [-0.2, -0.15) is 0 Å². The highest BCUT2D eigenvalue weighted by atomic mass is 16.5. The van der Waals surface area contributed by atoms with Crippen molar-refractivity contribution in [1.29, 1.82) is 0 Å². The van der Waals surface area contributed by atoms with E-state index in [1.807, 2.05) is 4.90 Å². The first-order valence-corrected chi connectivity index (χ1v) is 9.26. The van der Waals surface area contributed by atoms with E-state index in [1.165, 1.54) is 20.0 Å². The molecule has 0 aromatic heterocycles. The number of nitrogens with one attached hydrogen (secondary N) is 1. The van der Waals surface area contributed by atoms with Crippen molar-refractivity contribution in [2.24, 2.45) is 0 Å². The van der Waals surface area contributed by atoms with Crippen LogP contribution in [0.25, 0.3) is 0 Å². The number of methoxy groups -OCH3 is 1. The maximum Gasteiger partial charge on any atom is 0.337 e. The first kappa shape index (κ1) is 19.9. The summed E-state index contributed by atoms with van der Waals surface area (Å²) in [6, 6.07) is 6.79. The third-order valence-electron chi connectivity index (χ3n) is 4.84. The molecular weight excluding hydrogens is 332 g/mol. The minimum absolute atomic E-state index is 0.0344. The van der Waals surface area contributed by atoms with E-state index < -0.39 is 5.97 Å². The molecule has 0 unspecified atom stereocenters. The van der Waals surface area contributed by atoms with Crippen molar-refractivity contribution in [3.05, 3.63) is 29.8 Å². The molecule has 1 aromatic rings. The van der Waals surface area contributed by atoms with Gasteiger partial charge in [0, 0.05) is 31.6 Å². The fraction of sp³-hybridized carbons (Fsp3) is 0.550. The number of hydrogen-bond acceptors (Lipinski definition) is 4. The van der Waals surface area contributed by atoms with E-state index >= 15 is 0 Å². The van der Waals surface area contributed by atoms with Gasteiger partial charge in [-0.25, -0.2) is 4.79 Å². The van der Waals surface area contributed by atoms with Crippen LogP contribution >= 0.6 is 0 Å².